The van der Waals surface area contributed by atoms with E-state index in [0.29, 0.717) is 5.56 Å². The van der Waals surface area contributed by atoms with Crippen LogP contribution in [0.25, 0.3) is 0 Å². The molecule has 1 heterocycles. The third-order valence-electron chi connectivity index (χ3n) is 2.68. The van der Waals surface area contributed by atoms with Gasteiger partial charge in [-0.1, -0.05) is 12.1 Å². The molecule has 0 amide bonds. The zero-order valence-electron chi connectivity index (χ0n) is 10.4. The summed E-state index contributed by atoms with van der Waals surface area (Å²) in [5.41, 5.74) is 0.596. The van der Waals surface area contributed by atoms with E-state index in [1.54, 1.807) is 12.1 Å². The molecule has 0 fully saturated rings. The van der Waals surface area contributed by atoms with Crippen molar-refractivity contribution in [3.63, 3.8) is 0 Å². The second kappa shape index (κ2) is 5.32. The van der Waals surface area contributed by atoms with E-state index in [0.717, 1.165) is 0 Å². The van der Waals surface area contributed by atoms with Crippen molar-refractivity contribution in [2.75, 3.05) is 0 Å². The molecule has 3 nitrogen and oxygen atoms in total. The topological polar surface area (TPSA) is 39.2 Å². The Morgan fingerprint density at radius 1 is 1.20 bits per heavy atom. The van der Waals surface area contributed by atoms with Gasteiger partial charge in [0.2, 0.25) is 0 Å². The number of nitrogens with zero attached hydrogens (tertiary/aromatic N) is 1. The lowest BCUT2D eigenvalue weighted by Crippen LogP contribution is -2.18. The van der Waals surface area contributed by atoms with E-state index < -0.39 is 12.1 Å². The van der Waals surface area contributed by atoms with Crippen molar-refractivity contribution in [3.05, 3.63) is 59.4 Å². The molecule has 2 aromatic rings. The number of carbonyl (C=O) groups excluding carboxylic acids is 1. The minimum atomic E-state index is -4.79. The summed E-state index contributed by atoms with van der Waals surface area (Å²) in [6, 6.07) is 7.10. The predicted molar refractivity (Wildman–Crippen MR) is 65.5 cm³/mol. The zero-order chi connectivity index (χ0) is 14.8. The van der Waals surface area contributed by atoms with E-state index in [1.165, 1.54) is 37.5 Å². The van der Waals surface area contributed by atoms with Gasteiger partial charge in [-0.2, -0.15) is 0 Å². The molecule has 0 aliphatic rings. The van der Waals surface area contributed by atoms with Crippen molar-refractivity contribution in [1.82, 2.24) is 4.98 Å². The van der Waals surface area contributed by atoms with Gasteiger partial charge in [0, 0.05) is 29.1 Å². The summed E-state index contributed by atoms with van der Waals surface area (Å²) < 4.78 is 40.7. The largest absolute Gasteiger partial charge is 0.573 e. The number of ketones is 1. The normalized spacial score (nSPS) is 11.2. The predicted octanol–water partition coefficient (Wildman–Crippen LogP) is 3.52. The van der Waals surface area contributed by atoms with Crippen LogP contribution in [0.4, 0.5) is 13.2 Å². The lowest BCUT2D eigenvalue weighted by molar-refractivity contribution is -0.274. The number of hydrogen-bond acceptors (Lipinski definition) is 3. The minimum Gasteiger partial charge on any atom is -0.405 e. The molecule has 20 heavy (non-hydrogen) atoms. The third kappa shape index (κ3) is 3.14. The standard InChI is InChI=1S/C14H10F3NO2/c1-9-11(13(19)10-4-3-7-18-8-10)5-2-6-12(9)20-14(15,16)17/h2-8H,1H3. The Morgan fingerprint density at radius 2 is 1.95 bits per heavy atom. The monoisotopic (exact) mass is 281 g/mol. The molecule has 0 N–H and O–H groups in total. The van der Waals surface area contributed by atoms with Gasteiger partial charge in [0.15, 0.2) is 5.78 Å². The first-order valence-corrected chi connectivity index (χ1v) is 5.68. The number of carbonyl (C=O) groups is 1. The first-order chi connectivity index (χ1) is 9.38. The lowest BCUT2D eigenvalue weighted by atomic mass is 9.99. The fourth-order valence-electron chi connectivity index (χ4n) is 1.75. The maximum Gasteiger partial charge on any atom is 0.573 e. The third-order valence-corrected chi connectivity index (χ3v) is 2.68. The fourth-order valence-corrected chi connectivity index (χ4v) is 1.75. The average Bonchev–Trinajstić information content (AvgIpc) is 2.40. The van der Waals surface area contributed by atoms with Crippen LogP contribution in [0.1, 0.15) is 21.5 Å². The number of pyridine rings is 1. The minimum absolute atomic E-state index is 0.138. The number of benzene rings is 1. The quantitative estimate of drug-likeness (QED) is 0.808. The average molecular weight is 281 g/mol. The van der Waals surface area contributed by atoms with Crippen molar-refractivity contribution in [1.29, 1.82) is 0 Å². The van der Waals surface area contributed by atoms with Gasteiger partial charge in [-0.15, -0.1) is 13.2 Å². The molecular weight excluding hydrogens is 271 g/mol. The Morgan fingerprint density at radius 3 is 2.55 bits per heavy atom. The van der Waals surface area contributed by atoms with Crippen molar-refractivity contribution in [3.8, 4) is 5.75 Å². The maximum absolute atomic E-state index is 12.3. The Hall–Kier alpha value is -2.37. The van der Waals surface area contributed by atoms with Gasteiger partial charge < -0.3 is 4.74 Å². The van der Waals surface area contributed by atoms with Crippen LogP contribution in [0.15, 0.2) is 42.7 Å². The van der Waals surface area contributed by atoms with Gasteiger partial charge in [-0.3, -0.25) is 9.78 Å². The fraction of sp³-hybridized carbons (Fsp3) is 0.143. The number of halogens is 3. The summed E-state index contributed by atoms with van der Waals surface area (Å²) in [6.45, 7) is 1.41. The maximum atomic E-state index is 12.3. The molecule has 0 unspecified atom stereocenters. The van der Waals surface area contributed by atoms with E-state index in [9.17, 15) is 18.0 Å². The Kier molecular flexibility index (Phi) is 3.74. The van der Waals surface area contributed by atoms with Crippen LogP contribution in [-0.2, 0) is 0 Å². The van der Waals surface area contributed by atoms with Gasteiger partial charge in [0.05, 0.1) is 0 Å². The zero-order valence-corrected chi connectivity index (χ0v) is 10.4. The molecule has 1 aromatic carbocycles. The highest BCUT2D eigenvalue weighted by Crippen LogP contribution is 2.28. The van der Waals surface area contributed by atoms with E-state index in [-0.39, 0.29) is 16.9 Å². The summed E-state index contributed by atoms with van der Waals surface area (Å²) >= 11 is 0. The molecule has 0 aliphatic carbocycles. The summed E-state index contributed by atoms with van der Waals surface area (Å²) in [5.74, 6) is -0.782. The van der Waals surface area contributed by atoms with Gasteiger partial charge in [0.1, 0.15) is 5.75 Å². The molecular formula is C14H10F3NO2. The van der Waals surface area contributed by atoms with Crippen molar-refractivity contribution < 1.29 is 22.7 Å². The van der Waals surface area contributed by atoms with Crippen LogP contribution in [0.2, 0.25) is 0 Å². The molecule has 0 bridgehead atoms. The van der Waals surface area contributed by atoms with Gasteiger partial charge >= 0.3 is 6.36 Å². The highest BCUT2D eigenvalue weighted by atomic mass is 19.4. The van der Waals surface area contributed by atoms with Crippen LogP contribution in [0, 0.1) is 6.92 Å². The van der Waals surface area contributed by atoms with E-state index in [4.69, 9.17) is 0 Å². The van der Waals surface area contributed by atoms with Crippen molar-refractivity contribution >= 4 is 5.78 Å². The molecule has 104 valence electrons. The number of rotatable bonds is 3. The molecule has 0 radical (unpaired) electrons. The smallest absolute Gasteiger partial charge is 0.405 e. The van der Waals surface area contributed by atoms with Crippen molar-refractivity contribution in [2.45, 2.75) is 13.3 Å². The van der Waals surface area contributed by atoms with Crippen LogP contribution in [0.5, 0.6) is 5.75 Å². The van der Waals surface area contributed by atoms with Gasteiger partial charge in [-0.25, -0.2) is 0 Å². The molecule has 2 rings (SSSR count). The SMILES string of the molecule is Cc1c(OC(F)(F)F)cccc1C(=O)c1cccnc1. The number of aromatic nitrogens is 1. The Labute approximate surface area is 113 Å². The first-order valence-electron chi connectivity index (χ1n) is 5.68. The van der Waals surface area contributed by atoms with E-state index >= 15 is 0 Å². The first kappa shape index (κ1) is 14.0. The molecule has 0 aliphatic heterocycles. The summed E-state index contributed by atoms with van der Waals surface area (Å²) in [4.78, 5) is 16.0. The summed E-state index contributed by atoms with van der Waals surface area (Å²) in [5, 5.41) is 0. The molecule has 6 heteroatoms. The van der Waals surface area contributed by atoms with Crippen LogP contribution < -0.4 is 4.74 Å². The highest BCUT2D eigenvalue weighted by molar-refractivity contribution is 6.10. The molecule has 0 saturated heterocycles. The Bertz CT molecular complexity index is 624. The highest BCUT2D eigenvalue weighted by Gasteiger charge is 2.32. The molecule has 1 aromatic heterocycles. The second-order valence-corrected chi connectivity index (χ2v) is 4.05. The number of hydrogen-bond donors (Lipinski definition) is 0. The second-order valence-electron chi connectivity index (χ2n) is 4.05. The van der Waals surface area contributed by atoms with Crippen molar-refractivity contribution in [2.24, 2.45) is 0 Å². The summed E-state index contributed by atoms with van der Waals surface area (Å²) in [7, 11) is 0. The number of alkyl halides is 3. The lowest BCUT2D eigenvalue weighted by Gasteiger charge is -2.13. The van der Waals surface area contributed by atoms with Gasteiger partial charge in [0.25, 0.3) is 0 Å². The molecule has 0 atom stereocenters. The van der Waals surface area contributed by atoms with Crippen LogP contribution in [0.3, 0.4) is 0 Å². The Balaban J connectivity index is 2.39. The number of ether oxygens (including phenoxy) is 1. The van der Waals surface area contributed by atoms with Crippen LogP contribution >= 0.6 is 0 Å². The van der Waals surface area contributed by atoms with Gasteiger partial charge in [-0.05, 0) is 25.1 Å². The van der Waals surface area contributed by atoms with Crippen LogP contribution in [-0.4, -0.2) is 17.1 Å². The van der Waals surface area contributed by atoms with E-state index in [2.05, 4.69) is 9.72 Å². The molecule has 0 spiro atoms. The van der Waals surface area contributed by atoms with E-state index in [1.807, 2.05) is 0 Å². The molecule has 0 saturated carbocycles. The summed E-state index contributed by atoms with van der Waals surface area (Å²) in [6.07, 6.45) is -1.92.